The highest BCUT2D eigenvalue weighted by atomic mass is 19.4. The van der Waals surface area contributed by atoms with Gasteiger partial charge in [-0.15, -0.1) is 0 Å². The maximum absolute atomic E-state index is 12.7. The summed E-state index contributed by atoms with van der Waals surface area (Å²) >= 11 is 0. The van der Waals surface area contributed by atoms with Crippen molar-refractivity contribution in [2.45, 2.75) is 49.9 Å². The van der Waals surface area contributed by atoms with Gasteiger partial charge in [0.2, 0.25) is 0 Å². The molecule has 0 aromatic heterocycles. The van der Waals surface area contributed by atoms with Crippen molar-refractivity contribution >= 4 is 11.4 Å². The van der Waals surface area contributed by atoms with Gasteiger partial charge in [0.05, 0.1) is 11.1 Å². The Morgan fingerprint density at radius 1 is 0.583 bits per heavy atom. The molecule has 0 atom stereocenters. The molecule has 0 bridgehead atoms. The molecule has 2 aromatic rings. The lowest BCUT2D eigenvalue weighted by Crippen LogP contribution is -2.29. The van der Waals surface area contributed by atoms with Crippen LogP contribution < -0.4 is 11.5 Å². The zero-order valence-corrected chi connectivity index (χ0v) is 20.6. The minimum absolute atomic E-state index is 0.186. The Hall–Kier alpha value is -2.46. The first kappa shape index (κ1) is 28.1. The smallest absolute Gasteiger partial charge is 0.399 e. The van der Waals surface area contributed by atoms with Crippen LogP contribution in [0.4, 0.5) is 37.7 Å². The molecule has 2 saturated heterocycles. The molecule has 2 aliphatic rings. The summed E-state index contributed by atoms with van der Waals surface area (Å²) in [6, 6.07) is 7.83. The van der Waals surface area contributed by atoms with E-state index in [1.54, 1.807) is 12.1 Å². The van der Waals surface area contributed by atoms with Gasteiger partial charge in [0.15, 0.2) is 0 Å². The Morgan fingerprint density at radius 3 is 1.17 bits per heavy atom. The van der Waals surface area contributed by atoms with Gasteiger partial charge < -0.3 is 21.3 Å². The third kappa shape index (κ3) is 7.77. The van der Waals surface area contributed by atoms with Gasteiger partial charge in [0.1, 0.15) is 0 Å². The molecule has 0 unspecified atom stereocenters. The van der Waals surface area contributed by atoms with Crippen LogP contribution in [-0.4, -0.2) is 50.1 Å². The first-order valence-corrected chi connectivity index (χ1v) is 12.0. The molecule has 2 heterocycles. The summed E-state index contributed by atoms with van der Waals surface area (Å²) in [5, 5.41) is 0. The van der Waals surface area contributed by atoms with E-state index in [4.69, 9.17) is 11.5 Å². The second kappa shape index (κ2) is 11.3. The zero-order chi connectivity index (χ0) is 26.7. The highest BCUT2D eigenvalue weighted by Crippen LogP contribution is 2.37. The van der Waals surface area contributed by atoms with Crippen LogP contribution in [0.1, 0.15) is 59.8 Å². The number of hydrogen-bond acceptors (Lipinski definition) is 4. The lowest BCUT2D eigenvalue weighted by molar-refractivity contribution is -0.138. The van der Waals surface area contributed by atoms with Crippen LogP contribution in [0.25, 0.3) is 0 Å². The van der Waals surface area contributed by atoms with E-state index >= 15 is 0 Å². The van der Waals surface area contributed by atoms with Crippen LogP contribution in [0.5, 0.6) is 0 Å². The summed E-state index contributed by atoms with van der Waals surface area (Å²) in [5.74, 6) is 0.372. The molecule has 4 N–H and O–H groups in total. The summed E-state index contributed by atoms with van der Waals surface area (Å²) in [7, 11) is 4.05. The van der Waals surface area contributed by atoms with Crippen molar-refractivity contribution in [3.05, 3.63) is 58.7 Å². The van der Waals surface area contributed by atoms with Crippen molar-refractivity contribution in [1.29, 1.82) is 0 Å². The third-order valence-corrected chi connectivity index (χ3v) is 6.99. The van der Waals surface area contributed by atoms with Crippen LogP contribution in [0, 0.1) is 0 Å². The molecular weight excluding hydrogens is 482 g/mol. The van der Waals surface area contributed by atoms with E-state index < -0.39 is 23.5 Å². The number of likely N-dealkylation sites (tertiary alicyclic amines) is 2. The standard InChI is InChI=1S/2C13H17F3N2/c2*1-18-4-2-9(3-5-18)10-6-11(13(14,15)16)8-12(17)7-10/h2*6-9H,2-5,17H2,1H3. The van der Waals surface area contributed by atoms with Crippen LogP contribution in [0.3, 0.4) is 0 Å². The summed E-state index contributed by atoms with van der Waals surface area (Å²) in [5.41, 5.74) is 11.7. The summed E-state index contributed by atoms with van der Waals surface area (Å²) in [6.45, 7) is 3.67. The SMILES string of the molecule is CN1CCC(c2cc(N)cc(C(F)(F)F)c2)CC1.CN1CCC(c2cc(N)cc(C(F)(F)F)c2)CC1. The fourth-order valence-corrected chi connectivity index (χ4v) is 4.84. The number of rotatable bonds is 2. The fraction of sp³-hybridized carbons (Fsp3) is 0.538. The number of hydrogen-bond donors (Lipinski definition) is 2. The topological polar surface area (TPSA) is 58.5 Å². The molecule has 0 amide bonds. The predicted octanol–water partition coefficient (Wildman–Crippen LogP) is 6.19. The molecule has 0 radical (unpaired) electrons. The Bertz CT molecular complexity index is 923. The van der Waals surface area contributed by atoms with E-state index in [0.717, 1.165) is 75.1 Å². The third-order valence-electron chi connectivity index (χ3n) is 6.99. The van der Waals surface area contributed by atoms with Gasteiger partial charge in [-0.3, -0.25) is 0 Å². The lowest BCUT2D eigenvalue weighted by Gasteiger charge is -2.29. The largest absolute Gasteiger partial charge is 0.416 e. The molecule has 2 fully saturated rings. The number of nitrogen functional groups attached to an aromatic ring is 2. The number of halogens is 6. The molecule has 36 heavy (non-hydrogen) atoms. The normalized spacial score (nSPS) is 19.1. The number of nitrogens with two attached hydrogens (primary N) is 2. The number of alkyl halides is 6. The van der Waals surface area contributed by atoms with E-state index in [9.17, 15) is 26.3 Å². The molecule has 10 heteroatoms. The highest BCUT2D eigenvalue weighted by molar-refractivity contribution is 5.47. The molecule has 2 aliphatic heterocycles. The molecule has 4 rings (SSSR count). The van der Waals surface area contributed by atoms with E-state index in [-0.39, 0.29) is 23.2 Å². The molecule has 200 valence electrons. The van der Waals surface area contributed by atoms with Crippen molar-refractivity contribution in [1.82, 2.24) is 9.80 Å². The minimum atomic E-state index is -4.32. The minimum Gasteiger partial charge on any atom is -0.399 e. The quantitative estimate of drug-likeness (QED) is 0.369. The van der Waals surface area contributed by atoms with Gasteiger partial charge in [-0.25, -0.2) is 0 Å². The van der Waals surface area contributed by atoms with Gasteiger partial charge in [0, 0.05) is 11.4 Å². The van der Waals surface area contributed by atoms with Gasteiger partial charge in [-0.1, -0.05) is 0 Å². The number of anilines is 2. The maximum atomic E-state index is 12.7. The predicted molar refractivity (Wildman–Crippen MR) is 131 cm³/mol. The van der Waals surface area contributed by atoms with E-state index in [2.05, 4.69) is 9.80 Å². The van der Waals surface area contributed by atoms with Gasteiger partial charge in [-0.05, 0) is 125 Å². The van der Waals surface area contributed by atoms with Crippen LogP contribution in [-0.2, 0) is 12.4 Å². The van der Waals surface area contributed by atoms with Crippen LogP contribution in [0.15, 0.2) is 36.4 Å². The van der Waals surface area contributed by atoms with Crippen molar-refractivity contribution in [2.75, 3.05) is 51.7 Å². The number of nitrogens with zero attached hydrogens (tertiary/aromatic N) is 2. The average Bonchev–Trinajstić information content (AvgIpc) is 2.78. The summed E-state index contributed by atoms with van der Waals surface area (Å²) in [4.78, 5) is 4.38. The lowest BCUT2D eigenvalue weighted by atomic mass is 9.88. The van der Waals surface area contributed by atoms with Crippen molar-refractivity contribution < 1.29 is 26.3 Å². The van der Waals surface area contributed by atoms with E-state index in [1.807, 2.05) is 14.1 Å². The van der Waals surface area contributed by atoms with E-state index in [1.165, 1.54) is 12.1 Å². The first-order chi connectivity index (χ1) is 16.7. The van der Waals surface area contributed by atoms with Crippen LogP contribution >= 0.6 is 0 Å². The van der Waals surface area contributed by atoms with Crippen molar-refractivity contribution in [3.63, 3.8) is 0 Å². The highest BCUT2D eigenvalue weighted by Gasteiger charge is 2.33. The Morgan fingerprint density at radius 2 is 0.889 bits per heavy atom. The molecule has 2 aromatic carbocycles. The monoisotopic (exact) mass is 516 g/mol. The van der Waals surface area contributed by atoms with Gasteiger partial charge in [-0.2, -0.15) is 26.3 Å². The molecule has 0 spiro atoms. The number of piperidine rings is 2. The second-order valence-corrected chi connectivity index (χ2v) is 9.93. The molecule has 4 nitrogen and oxygen atoms in total. The summed E-state index contributed by atoms with van der Waals surface area (Å²) in [6.07, 6.45) is -5.10. The number of benzene rings is 2. The fourth-order valence-electron chi connectivity index (χ4n) is 4.84. The van der Waals surface area contributed by atoms with Crippen LogP contribution in [0.2, 0.25) is 0 Å². The maximum Gasteiger partial charge on any atom is 0.416 e. The van der Waals surface area contributed by atoms with Crippen molar-refractivity contribution in [2.24, 2.45) is 0 Å². The average molecular weight is 517 g/mol. The Labute approximate surface area is 208 Å². The van der Waals surface area contributed by atoms with E-state index in [0.29, 0.717) is 0 Å². The zero-order valence-electron chi connectivity index (χ0n) is 20.6. The second-order valence-electron chi connectivity index (χ2n) is 9.93. The van der Waals surface area contributed by atoms with Gasteiger partial charge >= 0.3 is 12.4 Å². The summed E-state index contributed by atoms with van der Waals surface area (Å²) < 4.78 is 76.3. The molecular formula is C26H34F6N4. The Kier molecular flexibility index (Phi) is 8.82. The molecule has 0 aliphatic carbocycles. The van der Waals surface area contributed by atoms with Gasteiger partial charge in [0.25, 0.3) is 0 Å². The Balaban J connectivity index is 0.000000201. The molecule has 0 saturated carbocycles. The first-order valence-electron chi connectivity index (χ1n) is 12.0. The van der Waals surface area contributed by atoms with Crippen molar-refractivity contribution in [3.8, 4) is 0 Å².